The summed E-state index contributed by atoms with van der Waals surface area (Å²) in [6.07, 6.45) is 0.825. The van der Waals surface area contributed by atoms with Crippen LogP contribution in [-0.2, 0) is 0 Å². The molecule has 3 heteroatoms. The second-order valence-corrected chi connectivity index (χ2v) is 3.77. The summed E-state index contributed by atoms with van der Waals surface area (Å²) in [5.74, 6) is 0.594. The third-order valence-electron chi connectivity index (χ3n) is 2.64. The number of fused-ring (bicyclic) bond motifs is 1. The lowest BCUT2D eigenvalue weighted by Crippen LogP contribution is -1.96. The number of rotatable bonds is 2. The van der Waals surface area contributed by atoms with E-state index in [9.17, 15) is 4.79 Å². The molecular weight excluding hydrogens is 202 g/mol. The minimum absolute atomic E-state index is 0.574. The largest absolute Gasteiger partial charge is 0.496 e. The molecule has 1 heterocycles. The zero-order valence-electron chi connectivity index (χ0n) is 9.57. The molecule has 0 bridgehead atoms. The summed E-state index contributed by atoms with van der Waals surface area (Å²) in [4.78, 5) is 15.5. The number of carbonyl (C=O) groups excluding carboxylic acids is 1. The van der Waals surface area contributed by atoms with E-state index in [-0.39, 0.29) is 0 Å². The van der Waals surface area contributed by atoms with E-state index in [1.54, 1.807) is 13.2 Å². The molecule has 82 valence electrons. The van der Waals surface area contributed by atoms with Crippen molar-refractivity contribution in [1.82, 2.24) is 4.98 Å². The third-order valence-corrected chi connectivity index (χ3v) is 2.64. The highest BCUT2D eigenvalue weighted by atomic mass is 16.5. The lowest BCUT2D eigenvalue weighted by Gasteiger charge is -2.09. The molecule has 0 fully saturated rings. The molecule has 0 radical (unpaired) electrons. The molecule has 2 rings (SSSR count). The first-order valence-corrected chi connectivity index (χ1v) is 5.07. The molecule has 0 saturated heterocycles. The minimum atomic E-state index is 0.574. The van der Waals surface area contributed by atoms with Crippen molar-refractivity contribution in [3.63, 3.8) is 0 Å². The quantitative estimate of drug-likeness (QED) is 0.723. The Labute approximate surface area is 94.1 Å². The van der Waals surface area contributed by atoms with Gasteiger partial charge in [-0.15, -0.1) is 0 Å². The molecule has 0 unspecified atom stereocenters. The lowest BCUT2D eigenvalue weighted by atomic mass is 10.0. The standard InChI is InChI=1S/C13H13NO2/c1-8-6-9(2)14-11-4-5-12(16-3)10(7-15)13(8)11/h4-7H,1-3H3. The Balaban J connectivity index is 2.91. The number of hydrogen-bond donors (Lipinski definition) is 0. The van der Waals surface area contributed by atoms with Gasteiger partial charge in [0.1, 0.15) is 5.75 Å². The average molecular weight is 215 g/mol. The van der Waals surface area contributed by atoms with Gasteiger partial charge in [-0.25, -0.2) is 0 Å². The van der Waals surface area contributed by atoms with Crippen molar-refractivity contribution >= 4 is 17.2 Å². The van der Waals surface area contributed by atoms with Crippen molar-refractivity contribution in [1.29, 1.82) is 0 Å². The van der Waals surface area contributed by atoms with Crippen LogP contribution in [0.15, 0.2) is 18.2 Å². The molecule has 0 aliphatic rings. The molecule has 0 N–H and O–H groups in total. The van der Waals surface area contributed by atoms with Crippen molar-refractivity contribution in [3.8, 4) is 5.75 Å². The van der Waals surface area contributed by atoms with Crippen molar-refractivity contribution in [2.24, 2.45) is 0 Å². The predicted octanol–water partition coefficient (Wildman–Crippen LogP) is 2.67. The van der Waals surface area contributed by atoms with Gasteiger partial charge in [0.15, 0.2) is 6.29 Å². The van der Waals surface area contributed by atoms with Crippen LogP contribution in [0.1, 0.15) is 21.6 Å². The summed E-state index contributed by atoms with van der Waals surface area (Å²) >= 11 is 0. The summed E-state index contributed by atoms with van der Waals surface area (Å²) in [5.41, 5.74) is 3.40. The Morgan fingerprint density at radius 1 is 1.31 bits per heavy atom. The number of aromatic nitrogens is 1. The van der Waals surface area contributed by atoms with E-state index in [0.29, 0.717) is 11.3 Å². The van der Waals surface area contributed by atoms with Crippen LogP contribution in [0.5, 0.6) is 5.75 Å². The highest BCUT2D eigenvalue weighted by molar-refractivity contribution is 6.01. The van der Waals surface area contributed by atoms with Gasteiger partial charge >= 0.3 is 0 Å². The maximum Gasteiger partial charge on any atom is 0.154 e. The minimum Gasteiger partial charge on any atom is -0.496 e. The van der Waals surface area contributed by atoms with Crippen molar-refractivity contribution in [3.05, 3.63) is 35.0 Å². The molecule has 0 aliphatic heterocycles. The molecule has 1 aromatic carbocycles. The highest BCUT2D eigenvalue weighted by Gasteiger charge is 2.10. The second-order valence-electron chi connectivity index (χ2n) is 3.77. The summed E-state index contributed by atoms with van der Waals surface area (Å²) in [7, 11) is 1.56. The van der Waals surface area contributed by atoms with Gasteiger partial charge in [-0.05, 0) is 37.6 Å². The second kappa shape index (κ2) is 3.93. The fourth-order valence-electron chi connectivity index (χ4n) is 2.00. The molecule has 0 saturated carbocycles. The van der Waals surface area contributed by atoms with Gasteiger partial charge in [-0.1, -0.05) is 0 Å². The fourth-order valence-corrected chi connectivity index (χ4v) is 2.00. The first-order valence-electron chi connectivity index (χ1n) is 5.07. The van der Waals surface area contributed by atoms with E-state index in [4.69, 9.17) is 4.74 Å². The predicted molar refractivity (Wildman–Crippen MR) is 63.2 cm³/mol. The lowest BCUT2D eigenvalue weighted by molar-refractivity contribution is 0.112. The van der Waals surface area contributed by atoms with Crippen LogP contribution in [0.4, 0.5) is 0 Å². The number of pyridine rings is 1. The van der Waals surface area contributed by atoms with E-state index in [2.05, 4.69) is 4.98 Å². The molecule has 0 aliphatic carbocycles. The van der Waals surface area contributed by atoms with Crippen molar-refractivity contribution < 1.29 is 9.53 Å². The topological polar surface area (TPSA) is 39.2 Å². The van der Waals surface area contributed by atoms with E-state index in [1.165, 1.54) is 0 Å². The SMILES string of the molecule is COc1ccc2nc(C)cc(C)c2c1C=O. The first-order chi connectivity index (χ1) is 7.67. The number of aldehydes is 1. The van der Waals surface area contributed by atoms with Gasteiger partial charge in [0.05, 0.1) is 18.2 Å². The zero-order valence-corrected chi connectivity index (χ0v) is 9.57. The fraction of sp³-hybridized carbons (Fsp3) is 0.231. The van der Waals surface area contributed by atoms with Crippen LogP contribution in [0.2, 0.25) is 0 Å². The van der Waals surface area contributed by atoms with Crippen LogP contribution < -0.4 is 4.74 Å². The Morgan fingerprint density at radius 3 is 2.69 bits per heavy atom. The number of benzene rings is 1. The Hall–Kier alpha value is -1.90. The summed E-state index contributed by atoms with van der Waals surface area (Å²) in [6, 6.07) is 5.62. The van der Waals surface area contributed by atoms with Crippen molar-refractivity contribution in [2.75, 3.05) is 7.11 Å². The number of aryl methyl sites for hydroxylation is 2. The van der Waals surface area contributed by atoms with Gasteiger partial charge in [-0.3, -0.25) is 9.78 Å². The molecule has 3 nitrogen and oxygen atoms in total. The first kappa shape index (κ1) is 10.6. The van der Waals surface area contributed by atoms with Crippen LogP contribution in [0.25, 0.3) is 10.9 Å². The van der Waals surface area contributed by atoms with Crippen molar-refractivity contribution in [2.45, 2.75) is 13.8 Å². The van der Waals surface area contributed by atoms with Gasteiger partial charge in [0.2, 0.25) is 0 Å². The van der Waals surface area contributed by atoms with Crippen LogP contribution >= 0.6 is 0 Å². The maximum atomic E-state index is 11.1. The molecule has 0 amide bonds. The molecule has 1 aromatic heterocycles. The molecule has 0 spiro atoms. The summed E-state index contributed by atoms with van der Waals surface area (Å²) in [6.45, 7) is 3.92. The Bertz CT molecular complexity index is 561. The van der Waals surface area contributed by atoms with Crippen LogP contribution in [0.3, 0.4) is 0 Å². The average Bonchev–Trinajstić information content (AvgIpc) is 2.27. The van der Waals surface area contributed by atoms with Gasteiger partial charge < -0.3 is 4.74 Å². The number of ether oxygens (including phenoxy) is 1. The van der Waals surface area contributed by atoms with Crippen LogP contribution in [-0.4, -0.2) is 18.4 Å². The number of nitrogens with zero attached hydrogens (tertiary/aromatic N) is 1. The Morgan fingerprint density at radius 2 is 2.06 bits per heavy atom. The van der Waals surface area contributed by atoms with E-state index >= 15 is 0 Å². The van der Waals surface area contributed by atoms with E-state index in [0.717, 1.165) is 28.4 Å². The third kappa shape index (κ3) is 1.54. The van der Waals surface area contributed by atoms with E-state index < -0.39 is 0 Å². The maximum absolute atomic E-state index is 11.1. The Kier molecular flexibility index (Phi) is 2.60. The van der Waals surface area contributed by atoms with Crippen LogP contribution in [0, 0.1) is 13.8 Å². The highest BCUT2D eigenvalue weighted by Crippen LogP contribution is 2.28. The number of carbonyl (C=O) groups is 1. The molecular formula is C13H13NO2. The zero-order chi connectivity index (χ0) is 11.7. The number of hydrogen-bond acceptors (Lipinski definition) is 3. The van der Waals surface area contributed by atoms with Gasteiger partial charge in [0, 0.05) is 11.1 Å². The van der Waals surface area contributed by atoms with Gasteiger partial charge in [0.25, 0.3) is 0 Å². The molecule has 2 aromatic rings. The smallest absolute Gasteiger partial charge is 0.154 e. The van der Waals surface area contributed by atoms with Gasteiger partial charge in [-0.2, -0.15) is 0 Å². The molecule has 16 heavy (non-hydrogen) atoms. The van der Waals surface area contributed by atoms with E-state index in [1.807, 2.05) is 26.0 Å². The normalized spacial score (nSPS) is 10.4. The number of methoxy groups -OCH3 is 1. The summed E-state index contributed by atoms with van der Waals surface area (Å²) < 4.78 is 5.17. The monoisotopic (exact) mass is 215 g/mol. The molecule has 0 atom stereocenters. The summed E-state index contributed by atoms with van der Waals surface area (Å²) in [5, 5.41) is 0.875.